The monoisotopic (exact) mass is 306 g/mol. The van der Waals surface area contributed by atoms with E-state index in [0.717, 1.165) is 4.68 Å². The molecule has 0 spiro atoms. The third-order valence-corrected chi connectivity index (χ3v) is 3.02. The van der Waals surface area contributed by atoms with E-state index in [0.29, 0.717) is 17.1 Å². The van der Waals surface area contributed by atoms with Gasteiger partial charge in [0.1, 0.15) is 5.69 Å². The minimum absolute atomic E-state index is 0.115. The van der Waals surface area contributed by atoms with E-state index >= 15 is 0 Å². The molecule has 0 amide bonds. The number of hydrogen-bond acceptors (Lipinski definition) is 6. The SMILES string of the molecule is COc1cccc(C=Nn2c(=S)[nH]nc(C)c2=O)c1OC. The lowest BCUT2D eigenvalue weighted by Gasteiger charge is -2.09. The molecule has 7 nitrogen and oxygen atoms in total. The summed E-state index contributed by atoms with van der Waals surface area (Å²) in [5, 5.41) is 10.4. The average molecular weight is 306 g/mol. The third-order valence-electron chi connectivity index (χ3n) is 2.76. The summed E-state index contributed by atoms with van der Waals surface area (Å²) in [6.07, 6.45) is 1.48. The number of aromatic amines is 1. The van der Waals surface area contributed by atoms with Gasteiger partial charge in [-0.1, -0.05) is 6.07 Å². The molecule has 1 N–H and O–H groups in total. The van der Waals surface area contributed by atoms with Crippen molar-refractivity contribution < 1.29 is 9.47 Å². The summed E-state index contributed by atoms with van der Waals surface area (Å²) in [5.41, 5.74) is 0.558. The summed E-state index contributed by atoms with van der Waals surface area (Å²) >= 11 is 5.00. The zero-order valence-corrected chi connectivity index (χ0v) is 12.6. The Kier molecular flexibility index (Phi) is 4.49. The van der Waals surface area contributed by atoms with Crippen LogP contribution < -0.4 is 15.0 Å². The van der Waals surface area contributed by atoms with Gasteiger partial charge < -0.3 is 9.47 Å². The highest BCUT2D eigenvalue weighted by atomic mass is 32.1. The summed E-state index contributed by atoms with van der Waals surface area (Å²) in [6, 6.07) is 5.35. The van der Waals surface area contributed by atoms with Gasteiger partial charge in [-0.3, -0.25) is 9.89 Å². The maximum absolute atomic E-state index is 11.9. The summed E-state index contributed by atoms with van der Waals surface area (Å²) in [5.74, 6) is 1.10. The van der Waals surface area contributed by atoms with Crippen LogP contribution in [0.15, 0.2) is 28.1 Å². The topological polar surface area (TPSA) is 81.5 Å². The largest absolute Gasteiger partial charge is 0.493 e. The second kappa shape index (κ2) is 6.31. The fraction of sp³-hybridized carbons (Fsp3) is 0.231. The van der Waals surface area contributed by atoms with Crippen molar-refractivity contribution in [2.75, 3.05) is 14.2 Å². The van der Waals surface area contributed by atoms with Gasteiger partial charge in [0.15, 0.2) is 11.5 Å². The molecule has 0 aliphatic heterocycles. The predicted octanol–water partition coefficient (Wildman–Crippen LogP) is 1.51. The zero-order valence-electron chi connectivity index (χ0n) is 11.8. The molecule has 0 saturated carbocycles. The molecule has 0 saturated heterocycles. The molecule has 0 aliphatic rings. The minimum atomic E-state index is -0.378. The van der Waals surface area contributed by atoms with Crippen LogP contribution in [0.5, 0.6) is 11.5 Å². The molecular formula is C13H14N4O3S. The highest BCUT2D eigenvalue weighted by Gasteiger charge is 2.08. The van der Waals surface area contributed by atoms with Crippen LogP contribution in [0.4, 0.5) is 0 Å². The maximum atomic E-state index is 11.9. The first-order valence-corrected chi connectivity index (χ1v) is 6.43. The van der Waals surface area contributed by atoms with Crippen LogP contribution in [0.1, 0.15) is 11.3 Å². The quantitative estimate of drug-likeness (QED) is 0.684. The number of rotatable bonds is 4. The molecule has 0 fully saturated rings. The normalized spacial score (nSPS) is 10.8. The fourth-order valence-corrected chi connectivity index (χ4v) is 1.89. The van der Waals surface area contributed by atoms with Gasteiger partial charge in [0, 0.05) is 5.56 Å². The molecule has 0 aliphatic carbocycles. The fourth-order valence-electron chi connectivity index (χ4n) is 1.71. The van der Waals surface area contributed by atoms with Gasteiger partial charge >= 0.3 is 0 Å². The van der Waals surface area contributed by atoms with Crippen LogP contribution in [0.3, 0.4) is 0 Å². The standard InChI is InChI=1S/C13H14N4O3S/c1-8-12(18)17(13(21)16-15-8)14-7-9-5-4-6-10(19-2)11(9)20-3/h4-7H,1-3H3,(H,16,21). The number of para-hydroxylation sites is 1. The summed E-state index contributed by atoms with van der Waals surface area (Å²) in [6.45, 7) is 1.58. The molecule has 21 heavy (non-hydrogen) atoms. The van der Waals surface area contributed by atoms with Crippen molar-refractivity contribution in [2.45, 2.75) is 6.92 Å². The Bertz CT molecular complexity index is 795. The van der Waals surface area contributed by atoms with Crippen molar-refractivity contribution in [2.24, 2.45) is 5.10 Å². The van der Waals surface area contributed by atoms with Crippen molar-refractivity contribution in [3.05, 3.63) is 44.6 Å². The van der Waals surface area contributed by atoms with Gasteiger partial charge in [0.05, 0.1) is 20.4 Å². The van der Waals surface area contributed by atoms with E-state index in [1.165, 1.54) is 13.3 Å². The number of aromatic nitrogens is 3. The van der Waals surface area contributed by atoms with Gasteiger partial charge in [0.2, 0.25) is 4.77 Å². The van der Waals surface area contributed by atoms with E-state index in [4.69, 9.17) is 21.7 Å². The van der Waals surface area contributed by atoms with Crippen molar-refractivity contribution in [3.63, 3.8) is 0 Å². The number of hydrogen-bond donors (Lipinski definition) is 1. The van der Waals surface area contributed by atoms with Crippen LogP contribution >= 0.6 is 12.2 Å². The van der Waals surface area contributed by atoms with Gasteiger partial charge in [-0.25, -0.2) is 0 Å². The van der Waals surface area contributed by atoms with Crippen molar-refractivity contribution >= 4 is 18.4 Å². The average Bonchev–Trinajstić information content (AvgIpc) is 2.50. The highest BCUT2D eigenvalue weighted by molar-refractivity contribution is 7.71. The highest BCUT2D eigenvalue weighted by Crippen LogP contribution is 2.29. The number of nitrogens with zero attached hydrogens (tertiary/aromatic N) is 3. The molecule has 110 valence electrons. The maximum Gasteiger partial charge on any atom is 0.296 e. The van der Waals surface area contributed by atoms with Crippen molar-refractivity contribution in [1.82, 2.24) is 14.9 Å². The Balaban J connectivity index is 2.51. The van der Waals surface area contributed by atoms with Crippen molar-refractivity contribution in [1.29, 1.82) is 0 Å². The van der Waals surface area contributed by atoms with Gasteiger partial charge in [-0.2, -0.15) is 14.9 Å². The van der Waals surface area contributed by atoms with E-state index in [1.807, 2.05) is 0 Å². The van der Waals surface area contributed by atoms with E-state index in [1.54, 1.807) is 32.2 Å². The predicted molar refractivity (Wildman–Crippen MR) is 81.0 cm³/mol. The number of benzene rings is 1. The second-order valence-corrected chi connectivity index (χ2v) is 4.45. The molecule has 2 rings (SSSR count). The number of H-pyrrole nitrogens is 1. The molecular weight excluding hydrogens is 292 g/mol. The first-order chi connectivity index (χ1) is 10.1. The Morgan fingerprint density at radius 1 is 1.38 bits per heavy atom. The Morgan fingerprint density at radius 2 is 2.14 bits per heavy atom. The number of ether oxygens (including phenoxy) is 2. The molecule has 1 aromatic carbocycles. The summed E-state index contributed by atoms with van der Waals surface area (Å²) in [4.78, 5) is 11.9. The van der Waals surface area contributed by atoms with Gasteiger partial charge in [-0.05, 0) is 31.3 Å². The van der Waals surface area contributed by atoms with Crippen LogP contribution in [-0.4, -0.2) is 35.3 Å². The van der Waals surface area contributed by atoms with Crippen molar-refractivity contribution in [3.8, 4) is 11.5 Å². The van der Waals surface area contributed by atoms with Gasteiger partial charge in [-0.15, -0.1) is 0 Å². The Morgan fingerprint density at radius 3 is 2.81 bits per heavy atom. The molecule has 0 unspecified atom stereocenters. The molecule has 2 aromatic rings. The zero-order chi connectivity index (χ0) is 15.4. The Hall–Kier alpha value is -2.48. The third kappa shape index (κ3) is 3.00. The van der Waals surface area contributed by atoms with Crippen LogP contribution in [0.2, 0.25) is 0 Å². The summed E-state index contributed by atoms with van der Waals surface area (Å²) < 4.78 is 11.7. The van der Waals surface area contributed by atoms with E-state index < -0.39 is 0 Å². The number of aryl methyl sites for hydroxylation is 1. The van der Waals surface area contributed by atoms with E-state index in [-0.39, 0.29) is 16.0 Å². The summed E-state index contributed by atoms with van der Waals surface area (Å²) in [7, 11) is 3.08. The lowest BCUT2D eigenvalue weighted by Crippen LogP contribution is -2.22. The molecule has 0 radical (unpaired) electrons. The molecule has 1 aromatic heterocycles. The first-order valence-electron chi connectivity index (χ1n) is 6.02. The van der Waals surface area contributed by atoms with E-state index in [9.17, 15) is 4.79 Å². The lowest BCUT2D eigenvalue weighted by molar-refractivity contribution is 0.354. The van der Waals surface area contributed by atoms with Crippen LogP contribution in [0.25, 0.3) is 0 Å². The molecule has 0 bridgehead atoms. The number of methoxy groups -OCH3 is 2. The van der Waals surface area contributed by atoms with E-state index in [2.05, 4.69) is 15.3 Å². The first kappa shape index (κ1) is 14.9. The van der Waals surface area contributed by atoms with Crippen LogP contribution in [-0.2, 0) is 0 Å². The lowest BCUT2D eigenvalue weighted by atomic mass is 10.2. The molecule has 0 atom stereocenters. The van der Waals surface area contributed by atoms with Gasteiger partial charge in [0.25, 0.3) is 5.56 Å². The molecule has 8 heteroatoms. The van der Waals surface area contributed by atoms with Crippen LogP contribution in [0, 0.1) is 11.7 Å². The second-order valence-electron chi connectivity index (χ2n) is 4.06. The molecule has 1 heterocycles. The Labute approximate surface area is 125 Å². The minimum Gasteiger partial charge on any atom is -0.493 e. The smallest absolute Gasteiger partial charge is 0.296 e. The number of nitrogens with one attached hydrogen (secondary N) is 1.